The van der Waals surface area contributed by atoms with Crippen LogP contribution in [-0.4, -0.2) is 14.9 Å². The van der Waals surface area contributed by atoms with E-state index in [1.165, 1.54) is 167 Å². The van der Waals surface area contributed by atoms with Crippen molar-refractivity contribution in [2.24, 2.45) is 0 Å². The fraction of sp³-hybridized carbons (Fsp3) is 0.872. The van der Waals surface area contributed by atoms with E-state index < -0.39 is 12.8 Å². The minimum absolute atomic E-state index is 0.252. The molecular weight excluding hydrogens is 659 g/mol. The molecule has 0 spiro atoms. The van der Waals surface area contributed by atoms with Crippen LogP contribution in [0.3, 0.4) is 0 Å². The van der Waals surface area contributed by atoms with E-state index >= 15 is 0 Å². The van der Waals surface area contributed by atoms with Gasteiger partial charge in [0.1, 0.15) is 5.75 Å². The first-order valence-corrected chi connectivity index (χ1v) is 24.8. The first-order valence-electron chi connectivity index (χ1n) is 23.2. The van der Waals surface area contributed by atoms with Gasteiger partial charge in [-0.2, -0.15) is 0 Å². The highest BCUT2D eigenvalue weighted by molar-refractivity contribution is 7.53. The Balaban J connectivity index is 2.50. The zero-order valence-corrected chi connectivity index (χ0v) is 36.0. The van der Waals surface area contributed by atoms with Crippen molar-refractivity contribution in [3.8, 4) is 5.75 Å². The number of hydrogen-bond donors (Lipinski definition) is 3. The Labute approximate surface area is 324 Å². The van der Waals surface area contributed by atoms with Gasteiger partial charge in [-0.25, -0.2) is 0 Å². The molecule has 0 unspecified atom stereocenters. The SMILES string of the molecule is CCCCCCCCCCCCCCCCCCC(CCCCCCCCCCCCCCCCCC)(c1ccc(O)c(CCCC)c1)P(=O)(O)O. The number of unbranched alkanes of at least 4 members (excludes halogenated alkanes) is 31. The van der Waals surface area contributed by atoms with Crippen molar-refractivity contribution >= 4 is 7.60 Å². The molecule has 1 rings (SSSR count). The van der Waals surface area contributed by atoms with Crippen LogP contribution < -0.4 is 0 Å². The van der Waals surface area contributed by atoms with E-state index in [1.54, 1.807) is 6.07 Å². The summed E-state index contributed by atoms with van der Waals surface area (Å²) in [6.07, 6.45) is 45.1. The lowest BCUT2D eigenvalue weighted by molar-refractivity contribution is 0.297. The zero-order chi connectivity index (χ0) is 38.0. The van der Waals surface area contributed by atoms with Crippen LogP contribution in [0.2, 0.25) is 0 Å². The Kier molecular flexibility index (Phi) is 31.7. The van der Waals surface area contributed by atoms with Crippen LogP contribution >= 0.6 is 7.60 Å². The lowest BCUT2D eigenvalue weighted by Crippen LogP contribution is -2.27. The third kappa shape index (κ3) is 23.8. The van der Waals surface area contributed by atoms with Crippen LogP contribution in [0.4, 0.5) is 0 Å². The number of phenols is 1. The van der Waals surface area contributed by atoms with Gasteiger partial charge in [-0.05, 0) is 42.9 Å². The highest BCUT2D eigenvalue weighted by atomic mass is 31.2. The molecule has 5 heteroatoms. The standard InChI is InChI=1S/C47H89O4P/c1-4-7-10-12-14-16-18-20-22-24-26-28-30-32-34-36-41-47(52(49,50)51,45-39-40-46(48)44(43-45)38-9-6-3)42-37-35-33-31-29-27-25-23-21-19-17-15-13-11-8-5-2/h39-40,43,48H,4-38,41-42H2,1-3H3,(H2,49,50,51). The van der Waals surface area contributed by atoms with Gasteiger partial charge >= 0.3 is 7.60 Å². The minimum atomic E-state index is -4.45. The molecule has 0 atom stereocenters. The molecule has 0 fully saturated rings. The maximum atomic E-state index is 13.5. The molecule has 3 N–H and O–H groups in total. The molecule has 52 heavy (non-hydrogen) atoms. The molecule has 0 aliphatic heterocycles. The smallest absolute Gasteiger partial charge is 0.335 e. The number of benzene rings is 1. The maximum Gasteiger partial charge on any atom is 0.335 e. The molecular formula is C47H89O4P. The molecule has 0 aliphatic rings. The Bertz CT molecular complexity index is 936. The third-order valence-corrected chi connectivity index (χ3v) is 13.7. The number of hydrogen-bond acceptors (Lipinski definition) is 2. The quantitative estimate of drug-likeness (QED) is 0.0463. The number of aryl methyl sites for hydroxylation is 1. The van der Waals surface area contributed by atoms with Gasteiger partial charge in [-0.3, -0.25) is 4.57 Å². The van der Waals surface area contributed by atoms with Crippen LogP contribution in [-0.2, 0) is 16.1 Å². The molecule has 0 saturated carbocycles. The average Bonchev–Trinajstić information content (AvgIpc) is 3.12. The zero-order valence-electron chi connectivity index (χ0n) is 35.1. The molecule has 0 amide bonds. The monoisotopic (exact) mass is 749 g/mol. The summed E-state index contributed by atoms with van der Waals surface area (Å²) < 4.78 is 13.5. The lowest BCUT2D eigenvalue weighted by atomic mass is 9.85. The summed E-state index contributed by atoms with van der Waals surface area (Å²) in [6, 6.07) is 5.43. The van der Waals surface area contributed by atoms with Gasteiger partial charge in [0.05, 0.1) is 5.16 Å². The number of phenolic OH excluding ortho intramolecular Hbond substituents is 1. The van der Waals surface area contributed by atoms with E-state index in [1.807, 2.05) is 12.1 Å². The van der Waals surface area contributed by atoms with Crippen molar-refractivity contribution in [3.05, 3.63) is 29.3 Å². The largest absolute Gasteiger partial charge is 0.508 e. The van der Waals surface area contributed by atoms with Gasteiger partial charge in [-0.15, -0.1) is 0 Å². The molecule has 0 aromatic heterocycles. The summed E-state index contributed by atoms with van der Waals surface area (Å²) in [7, 11) is -4.45. The lowest BCUT2D eigenvalue weighted by Gasteiger charge is -2.36. The van der Waals surface area contributed by atoms with Gasteiger partial charge < -0.3 is 14.9 Å². The molecule has 0 radical (unpaired) electrons. The van der Waals surface area contributed by atoms with Crippen molar-refractivity contribution < 1.29 is 19.5 Å². The summed E-state index contributed by atoms with van der Waals surface area (Å²) in [4.78, 5) is 22.0. The van der Waals surface area contributed by atoms with E-state index in [2.05, 4.69) is 20.8 Å². The summed E-state index contributed by atoms with van der Waals surface area (Å²) in [5.41, 5.74) is 1.57. The first kappa shape index (κ1) is 49.2. The minimum Gasteiger partial charge on any atom is -0.508 e. The Morgan fingerprint density at radius 1 is 0.442 bits per heavy atom. The first-order chi connectivity index (χ1) is 25.3. The van der Waals surface area contributed by atoms with Crippen LogP contribution in [0.15, 0.2) is 18.2 Å². The molecule has 4 nitrogen and oxygen atoms in total. The molecule has 306 valence electrons. The van der Waals surface area contributed by atoms with Crippen molar-refractivity contribution in [2.75, 3.05) is 0 Å². The molecule has 0 heterocycles. The fourth-order valence-electron chi connectivity index (χ4n) is 8.25. The Morgan fingerprint density at radius 2 is 0.731 bits per heavy atom. The van der Waals surface area contributed by atoms with Gasteiger partial charge in [0.15, 0.2) is 0 Å². The van der Waals surface area contributed by atoms with E-state index in [0.717, 1.165) is 68.9 Å². The van der Waals surface area contributed by atoms with Gasteiger partial charge in [0.2, 0.25) is 0 Å². The topological polar surface area (TPSA) is 77.8 Å². The second-order valence-corrected chi connectivity index (χ2v) is 18.6. The molecule has 1 aromatic carbocycles. The van der Waals surface area contributed by atoms with E-state index in [-0.39, 0.29) is 5.75 Å². The highest BCUT2D eigenvalue weighted by Gasteiger charge is 2.47. The second kappa shape index (κ2) is 33.5. The normalized spacial score (nSPS) is 12.2. The van der Waals surface area contributed by atoms with Crippen LogP contribution in [0.25, 0.3) is 0 Å². The van der Waals surface area contributed by atoms with Crippen molar-refractivity contribution in [2.45, 2.75) is 263 Å². The van der Waals surface area contributed by atoms with Gasteiger partial charge in [0, 0.05) is 0 Å². The van der Waals surface area contributed by atoms with Gasteiger partial charge in [-0.1, -0.05) is 245 Å². The Morgan fingerprint density at radius 3 is 1.02 bits per heavy atom. The predicted molar refractivity (Wildman–Crippen MR) is 229 cm³/mol. The third-order valence-electron chi connectivity index (χ3n) is 11.9. The molecule has 0 bridgehead atoms. The van der Waals surface area contributed by atoms with Gasteiger partial charge in [0.25, 0.3) is 0 Å². The summed E-state index contributed by atoms with van der Waals surface area (Å²) >= 11 is 0. The highest BCUT2D eigenvalue weighted by Crippen LogP contribution is 2.62. The summed E-state index contributed by atoms with van der Waals surface area (Å²) in [5.74, 6) is 0.252. The molecule has 1 aromatic rings. The average molecular weight is 749 g/mol. The van der Waals surface area contributed by atoms with E-state index in [4.69, 9.17) is 0 Å². The van der Waals surface area contributed by atoms with Crippen molar-refractivity contribution in [3.63, 3.8) is 0 Å². The molecule has 0 aliphatic carbocycles. The number of aromatic hydroxyl groups is 1. The maximum absolute atomic E-state index is 13.5. The molecule has 0 saturated heterocycles. The van der Waals surface area contributed by atoms with E-state index in [9.17, 15) is 19.5 Å². The van der Waals surface area contributed by atoms with E-state index in [0.29, 0.717) is 12.8 Å². The predicted octanol–water partition coefficient (Wildman–Crippen LogP) is 16.4. The Hall–Kier alpha value is -0.830. The second-order valence-electron chi connectivity index (χ2n) is 16.6. The summed E-state index contributed by atoms with van der Waals surface area (Å²) in [5, 5.41) is 9.43. The van der Waals surface area contributed by atoms with Crippen molar-refractivity contribution in [1.29, 1.82) is 0 Å². The van der Waals surface area contributed by atoms with Crippen LogP contribution in [0, 0.1) is 0 Å². The fourth-order valence-corrected chi connectivity index (χ4v) is 9.62. The summed E-state index contributed by atoms with van der Waals surface area (Å²) in [6.45, 7) is 6.70. The van der Waals surface area contributed by atoms with Crippen LogP contribution in [0.1, 0.15) is 263 Å². The van der Waals surface area contributed by atoms with Crippen molar-refractivity contribution in [1.82, 2.24) is 0 Å². The number of rotatable bonds is 39. The van der Waals surface area contributed by atoms with Crippen LogP contribution in [0.5, 0.6) is 5.75 Å².